The molecule has 4 heteroatoms. The Morgan fingerprint density at radius 1 is 1.48 bits per heavy atom. The van der Waals surface area contributed by atoms with Crippen LogP contribution >= 0.6 is 11.6 Å². The number of benzene rings is 1. The molecule has 1 amide bonds. The van der Waals surface area contributed by atoms with E-state index < -0.39 is 0 Å². The van der Waals surface area contributed by atoms with E-state index in [2.05, 4.69) is 11.4 Å². The van der Waals surface area contributed by atoms with Crippen molar-refractivity contribution in [2.24, 2.45) is 0 Å². The third-order valence-electron chi connectivity index (χ3n) is 3.25. The predicted octanol–water partition coefficient (Wildman–Crippen LogP) is 3.63. The van der Waals surface area contributed by atoms with Crippen molar-refractivity contribution >= 4 is 17.5 Å². The summed E-state index contributed by atoms with van der Waals surface area (Å²) in [6.45, 7) is 5.54. The molecule has 0 radical (unpaired) electrons. The van der Waals surface area contributed by atoms with Gasteiger partial charge in [-0.2, -0.15) is 0 Å². The van der Waals surface area contributed by atoms with Crippen LogP contribution < -0.4 is 5.32 Å². The lowest BCUT2D eigenvalue weighted by Crippen LogP contribution is -2.35. The van der Waals surface area contributed by atoms with Crippen LogP contribution in [0.25, 0.3) is 0 Å². The average Bonchev–Trinajstić information content (AvgIpc) is 2.43. The maximum Gasteiger partial charge on any atom is 0.224 e. The van der Waals surface area contributed by atoms with Crippen LogP contribution in [0.4, 0.5) is 0 Å². The lowest BCUT2D eigenvalue weighted by atomic mass is 10.2. The summed E-state index contributed by atoms with van der Waals surface area (Å²) in [7, 11) is 1.83. The third kappa shape index (κ3) is 7.30. The van der Waals surface area contributed by atoms with Gasteiger partial charge in [-0.15, -0.1) is 0 Å². The van der Waals surface area contributed by atoms with Gasteiger partial charge in [-0.05, 0) is 44.5 Å². The Morgan fingerprint density at radius 3 is 2.90 bits per heavy atom. The Bertz CT molecular complexity index is 474. The van der Waals surface area contributed by atoms with Crippen molar-refractivity contribution in [1.29, 1.82) is 0 Å². The van der Waals surface area contributed by atoms with Gasteiger partial charge >= 0.3 is 0 Å². The quantitative estimate of drug-likeness (QED) is 0.587. The zero-order valence-corrected chi connectivity index (χ0v) is 13.9. The van der Waals surface area contributed by atoms with E-state index in [-0.39, 0.29) is 11.9 Å². The SMILES string of the molecule is C/C=C/CCNC(C)CC(=O)N(C)Cc1cccc(Cl)c1. The molecule has 0 aromatic heterocycles. The highest BCUT2D eigenvalue weighted by Crippen LogP contribution is 2.12. The van der Waals surface area contributed by atoms with Crippen LogP contribution in [0.3, 0.4) is 0 Å². The van der Waals surface area contributed by atoms with Gasteiger partial charge in [0.05, 0.1) is 0 Å². The maximum absolute atomic E-state index is 12.2. The van der Waals surface area contributed by atoms with Gasteiger partial charge in [0.25, 0.3) is 0 Å². The molecular weight excluding hydrogens is 284 g/mol. The number of nitrogens with one attached hydrogen (secondary N) is 1. The Balaban J connectivity index is 2.36. The molecule has 21 heavy (non-hydrogen) atoms. The Labute approximate surface area is 133 Å². The summed E-state index contributed by atoms with van der Waals surface area (Å²) >= 11 is 5.96. The van der Waals surface area contributed by atoms with Crippen molar-refractivity contribution in [2.75, 3.05) is 13.6 Å². The minimum Gasteiger partial charge on any atom is -0.341 e. The summed E-state index contributed by atoms with van der Waals surface area (Å²) in [6.07, 6.45) is 5.66. The fourth-order valence-electron chi connectivity index (χ4n) is 2.07. The van der Waals surface area contributed by atoms with Gasteiger partial charge in [-0.3, -0.25) is 4.79 Å². The lowest BCUT2D eigenvalue weighted by Gasteiger charge is -2.20. The highest BCUT2D eigenvalue weighted by Gasteiger charge is 2.13. The molecule has 1 aromatic rings. The molecule has 0 aliphatic rings. The number of hydrogen-bond acceptors (Lipinski definition) is 2. The van der Waals surface area contributed by atoms with Crippen LogP contribution in [0.15, 0.2) is 36.4 Å². The molecule has 0 saturated carbocycles. The summed E-state index contributed by atoms with van der Waals surface area (Å²) < 4.78 is 0. The molecular formula is C17H25ClN2O. The third-order valence-corrected chi connectivity index (χ3v) is 3.49. The average molecular weight is 309 g/mol. The second-order valence-electron chi connectivity index (χ2n) is 5.30. The molecule has 1 N–H and O–H groups in total. The topological polar surface area (TPSA) is 32.3 Å². The van der Waals surface area contributed by atoms with Crippen LogP contribution in [0.2, 0.25) is 5.02 Å². The number of carbonyl (C=O) groups is 1. The molecule has 0 saturated heterocycles. The monoisotopic (exact) mass is 308 g/mol. The van der Waals surface area contributed by atoms with Crippen LogP contribution in [0, 0.1) is 0 Å². The van der Waals surface area contributed by atoms with E-state index in [9.17, 15) is 4.79 Å². The van der Waals surface area contributed by atoms with E-state index in [4.69, 9.17) is 11.6 Å². The first kappa shape index (κ1) is 17.7. The van der Waals surface area contributed by atoms with Crippen molar-refractivity contribution in [3.05, 3.63) is 47.0 Å². The summed E-state index contributed by atoms with van der Waals surface area (Å²) in [5.41, 5.74) is 1.05. The van der Waals surface area contributed by atoms with Gasteiger partial charge < -0.3 is 10.2 Å². The standard InChI is InChI=1S/C17H25ClN2O/c1-4-5-6-10-19-14(2)11-17(21)20(3)13-15-8-7-9-16(18)12-15/h4-5,7-9,12,14,19H,6,10-11,13H2,1-3H3/b5-4+. The zero-order valence-electron chi connectivity index (χ0n) is 13.1. The normalized spacial score (nSPS) is 12.6. The van der Waals surface area contributed by atoms with Gasteiger partial charge in [0.1, 0.15) is 0 Å². The van der Waals surface area contributed by atoms with E-state index in [1.165, 1.54) is 0 Å². The van der Waals surface area contributed by atoms with Gasteiger partial charge in [-0.25, -0.2) is 0 Å². The fourth-order valence-corrected chi connectivity index (χ4v) is 2.28. The predicted molar refractivity (Wildman–Crippen MR) is 89.4 cm³/mol. The number of halogens is 1. The van der Waals surface area contributed by atoms with Crippen molar-refractivity contribution in [3.8, 4) is 0 Å². The van der Waals surface area contributed by atoms with Crippen LogP contribution in [0.1, 0.15) is 32.3 Å². The number of hydrogen-bond donors (Lipinski definition) is 1. The van der Waals surface area contributed by atoms with E-state index >= 15 is 0 Å². The fraction of sp³-hybridized carbons (Fsp3) is 0.471. The Kier molecular flexibility index (Phi) is 8.09. The summed E-state index contributed by atoms with van der Waals surface area (Å²) in [5.74, 6) is 0.140. The molecule has 0 spiro atoms. The molecule has 1 rings (SSSR count). The second-order valence-corrected chi connectivity index (χ2v) is 5.73. The molecule has 0 bridgehead atoms. The summed E-state index contributed by atoms with van der Waals surface area (Å²) in [5, 5.41) is 4.06. The molecule has 3 nitrogen and oxygen atoms in total. The molecule has 0 aliphatic carbocycles. The molecule has 1 unspecified atom stereocenters. The van der Waals surface area contributed by atoms with E-state index in [1.807, 2.05) is 51.2 Å². The molecule has 1 atom stereocenters. The summed E-state index contributed by atoms with van der Waals surface area (Å²) in [6, 6.07) is 7.80. The van der Waals surface area contributed by atoms with E-state index in [1.54, 1.807) is 4.90 Å². The molecule has 0 fully saturated rings. The number of allylic oxidation sites excluding steroid dienone is 1. The van der Waals surface area contributed by atoms with Crippen molar-refractivity contribution in [2.45, 2.75) is 39.3 Å². The largest absolute Gasteiger partial charge is 0.341 e. The smallest absolute Gasteiger partial charge is 0.224 e. The van der Waals surface area contributed by atoms with Crippen LogP contribution in [0.5, 0.6) is 0 Å². The first-order valence-electron chi connectivity index (χ1n) is 7.36. The lowest BCUT2D eigenvalue weighted by molar-refractivity contribution is -0.130. The van der Waals surface area contributed by atoms with Gasteiger partial charge in [0.2, 0.25) is 5.91 Å². The minimum absolute atomic E-state index is 0.140. The number of nitrogens with zero attached hydrogens (tertiary/aromatic N) is 1. The summed E-state index contributed by atoms with van der Waals surface area (Å²) in [4.78, 5) is 13.9. The van der Waals surface area contributed by atoms with E-state index in [0.29, 0.717) is 18.0 Å². The zero-order chi connectivity index (χ0) is 15.7. The van der Waals surface area contributed by atoms with E-state index in [0.717, 1.165) is 18.5 Å². The number of carbonyl (C=O) groups excluding carboxylic acids is 1. The van der Waals surface area contributed by atoms with Crippen molar-refractivity contribution in [1.82, 2.24) is 10.2 Å². The van der Waals surface area contributed by atoms with Crippen molar-refractivity contribution in [3.63, 3.8) is 0 Å². The Morgan fingerprint density at radius 2 is 2.24 bits per heavy atom. The highest BCUT2D eigenvalue weighted by atomic mass is 35.5. The van der Waals surface area contributed by atoms with Crippen LogP contribution in [-0.4, -0.2) is 30.4 Å². The first-order chi connectivity index (χ1) is 10.0. The molecule has 0 aliphatic heterocycles. The second kappa shape index (κ2) is 9.59. The highest BCUT2D eigenvalue weighted by molar-refractivity contribution is 6.30. The molecule has 0 heterocycles. The van der Waals surface area contributed by atoms with Gasteiger partial charge in [0.15, 0.2) is 0 Å². The van der Waals surface area contributed by atoms with Gasteiger partial charge in [-0.1, -0.05) is 35.9 Å². The molecule has 1 aromatic carbocycles. The van der Waals surface area contributed by atoms with Crippen LogP contribution in [-0.2, 0) is 11.3 Å². The molecule has 116 valence electrons. The maximum atomic E-state index is 12.2. The number of amides is 1. The van der Waals surface area contributed by atoms with Crippen molar-refractivity contribution < 1.29 is 4.79 Å². The first-order valence-corrected chi connectivity index (χ1v) is 7.73. The number of rotatable bonds is 8. The van der Waals surface area contributed by atoms with Gasteiger partial charge in [0, 0.05) is 31.1 Å². The Hall–Kier alpha value is -1.32. The minimum atomic E-state index is 0.140.